The van der Waals surface area contributed by atoms with Crippen LogP contribution in [0.3, 0.4) is 0 Å². The SMILES string of the molecule is O=C(N[C@@H]1CCS(=O)(=O)C1)c1ccsc1. The number of carbonyl (C=O) groups is 1. The first-order chi connectivity index (χ1) is 7.07. The van der Waals surface area contributed by atoms with E-state index in [9.17, 15) is 13.2 Å². The van der Waals surface area contributed by atoms with E-state index in [0.717, 1.165) is 0 Å². The van der Waals surface area contributed by atoms with Crippen molar-refractivity contribution in [2.45, 2.75) is 12.5 Å². The van der Waals surface area contributed by atoms with Gasteiger partial charge in [0.05, 0.1) is 11.5 Å². The highest BCUT2D eigenvalue weighted by Crippen LogP contribution is 2.13. The lowest BCUT2D eigenvalue weighted by molar-refractivity contribution is 0.0941. The number of amides is 1. The third-order valence-corrected chi connectivity index (χ3v) is 4.80. The number of nitrogens with one attached hydrogen (secondary N) is 1. The Hall–Kier alpha value is -0.880. The molecule has 1 aliphatic heterocycles. The molecule has 2 rings (SSSR count). The van der Waals surface area contributed by atoms with Crippen molar-refractivity contribution in [1.82, 2.24) is 5.32 Å². The third-order valence-electron chi connectivity index (χ3n) is 2.35. The first-order valence-electron chi connectivity index (χ1n) is 4.60. The zero-order chi connectivity index (χ0) is 10.9. The molecule has 0 aliphatic carbocycles. The molecule has 0 bridgehead atoms. The molecule has 0 aromatic carbocycles. The molecule has 1 fully saturated rings. The molecule has 1 saturated heterocycles. The Balaban J connectivity index is 1.97. The lowest BCUT2D eigenvalue weighted by Gasteiger charge is -2.09. The number of hydrogen-bond donors (Lipinski definition) is 1. The molecule has 0 unspecified atom stereocenters. The molecular weight excluding hydrogens is 234 g/mol. The average molecular weight is 245 g/mol. The van der Waals surface area contributed by atoms with E-state index in [0.29, 0.717) is 12.0 Å². The zero-order valence-electron chi connectivity index (χ0n) is 7.97. The third kappa shape index (κ3) is 2.57. The van der Waals surface area contributed by atoms with Crippen LogP contribution in [-0.4, -0.2) is 31.9 Å². The summed E-state index contributed by atoms with van der Waals surface area (Å²) in [7, 11) is -2.92. The van der Waals surface area contributed by atoms with E-state index in [1.807, 2.05) is 5.38 Å². The molecule has 82 valence electrons. The smallest absolute Gasteiger partial charge is 0.252 e. The molecular formula is C9H11NO3S2. The summed E-state index contributed by atoms with van der Waals surface area (Å²) in [4.78, 5) is 11.6. The van der Waals surface area contributed by atoms with E-state index in [1.54, 1.807) is 11.4 Å². The maximum absolute atomic E-state index is 11.6. The standard InChI is InChI=1S/C9H11NO3S2/c11-9(7-1-3-14-5-7)10-8-2-4-15(12,13)6-8/h1,3,5,8H,2,4,6H2,(H,10,11)/t8-/m1/s1. The molecule has 1 amide bonds. The van der Waals surface area contributed by atoms with Gasteiger partial charge in [0.15, 0.2) is 9.84 Å². The van der Waals surface area contributed by atoms with Crippen molar-refractivity contribution in [2.75, 3.05) is 11.5 Å². The van der Waals surface area contributed by atoms with E-state index < -0.39 is 9.84 Å². The van der Waals surface area contributed by atoms with Crippen LogP contribution in [0.1, 0.15) is 16.8 Å². The Morgan fingerprint density at radius 2 is 2.33 bits per heavy atom. The van der Waals surface area contributed by atoms with Crippen LogP contribution in [0.25, 0.3) is 0 Å². The van der Waals surface area contributed by atoms with Gasteiger partial charge in [0, 0.05) is 17.0 Å². The number of hydrogen-bond acceptors (Lipinski definition) is 4. The normalized spacial score (nSPS) is 23.9. The summed E-state index contributed by atoms with van der Waals surface area (Å²) in [5.41, 5.74) is 0.601. The summed E-state index contributed by atoms with van der Waals surface area (Å²) < 4.78 is 22.3. The number of carbonyl (C=O) groups excluding carboxylic acids is 1. The van der Waals surface area contributed by atoms with Gasteiger partial charge < -0.3 is 5.32 Å². The number of sulfone groups is 1. The Morgan fingerprint density at radius 1 is 1.53 bits per heavy atom. The summed E-state index contributed by atoms with van der Waals surface area (Å²) in [6.07, 6.45) is 0.526. The van der Waals surface area contributed by atoms with Crippen molar-refractivity contribution in [3.63, 3.8) is 0 Å². The van der Waals surface area contributed by atoms with Crippen molar-refractivity contribution < 1.29 is 13.2 Å². The zero-order valence-corrected chi connectivity index (χ0v) is 9.60. The molecule has 0 radical (unpaired) electrons. The van der Waals surface area contributed by atoms with Crippen LogP contribution in [0.2, 0.25) is 0 Å². The predicted octanol–water partition coefficient (Wildman–Crippen LogP) is 0.665. The summed E-state index contributed by atoms with van der Waals surface area (Å²) in [6, 6.07) is 1.51. The quantitative estimate of drug-likeness (QED) is 0.832. The van der Waals surface area contributed by atoms with Crippen LogP contribution >= 0.6 is 11.3 Å². The summed E-state index contributed by atoms with van der Waals surface area (Å²) in [5.74, 6) is 0.0723. The van der Waals surface area contributed by atoms with Gasteiger partial charge in [0.2, 0.25) is 0 Å². The minimum atomic E-state index is -2.92. The van der Waals surface area contributed by atoms with E-state index in [-0.39, 0.29) is 23.5 Å². The molecule has 1 aliphatic rings. The van der Waals surface area contributed by atoms with Gasteiger partial charge in [-0.25, -0.2) is 8.42 Å². The minimum absolute atomic E-state index is 0.0723. The highest BCUT2D eigenvalue weighted by molar-refractivity contribution is 7.91. The van der Waals surface area contributed by atoms with E-state index in [1.165, 1.54) is 11.3 Å². The fourth-order valence-corrected chi connectivity index (χ4v) is 3.88. The minimum Gasteiger partial charge on any atom is -0.348 e. The van der Waals surface area contributed by atoms with Crippen molar-refractivity contribution in [2.24, 2.45) is 0 Å². The van der Waals surface area contributed by atoms with Crippen LogP contribution in [0.5, 0.6) is 0 Å². The molecule has 2 heterocycles. The Bertz CT molecular complexity index is 450. The van der Waals surface area contributed by atoms with Crippen LogP contribution in [0.4, 0.5) is 0 Å². The topological polar surface area (TPSA) is 63.2 Å². The van der Waals surface area contributed by atoms with Crippen LogP contribution in [0, 0.1) is 0 Å². The van der Waals surface area contributed by atoms with Crippen molar-refractivity contribution in [3.05, 3.63) is 22.4 Å². The average Bonchev–Trinajstić information content (AvgIpc) is 2.74. The highest BCUT2D eigenvalue weighted by Gasteiger charge is 2.29. The summed E-state index contributed by atoms with van der Waals surface area (Å²) >= 11 is 1.45. The van der Waals surface area contributed by atoms with Crippen molar-refractivity contribution >= 4 is 27.1 Å². The van der Waals surface area contributed by atoms with Crippen LogP contribution in [-0.2, 0) is 9.84 Å². The van der Waals surface area contributed by atoms with Crippen LogP contribution < -0.4 is 5.32 Å². The van der Waals surface area contributed by atoms with E-state index in [4.69, 9.17) is 0 Å². The van der Waals surface area contributed by atoms with Gasteiger partial charge in [-0.3, -0.25) is 4.79 Å². The second kappa shape index (κ2) is 3.94. The molecule has 1 aromatic heterocycles. The van der Waals surface area contributed by atoms with Gasteiger partial charge in [0.1, 0.15) is 0 Å². The Morgan fingerprint density at radius 3 is 2.87 bits per heavy atom. The van der Waals surface area contributed by atoms with Gasteiger partial charge in [-0.1, -0.05) is 0 Å². The largest absolute Gasteiger partial charge is 0.348 e. The van der Waals surface area contributed by atoms with Gasteiger partial charge in [-0.2, -0.15) is 11.3 Å². The van der Waals surface area contributed by atoms with Gasteiger partial charge in [0.25, 0.3) is 5.91 Å². The molecule has 15 heavy (non-hydrogen) atoms. The van der Waals surface area contributed by atoms with Crippen molar-refractivity contribution in [1.29, 1.82) is 0 Å². The summed E-state index contributed by atoms with van der Waals surface area (Å²) in [6.45, 7) is 0. The molecule has 0 spiro atoms. The highest BCUT2D eigenvalue weighted by atomic mass is 32.2. The maximum Gasteiger partial charge on any atom is 0.252 e. The van der Waals surface area contributed by atoms with Gasteiger partial charge in [-0.15, -0.1) is 0 Å². The van der Waals surface area contributed by atoms with Gasteiger partial charge >= 0.3 is 0 Å². The van der Waals surface area contributed by atoms with E-state index >= 15 is 0 Å². The first kappa shape index (κ1) is 10.6. The Labute approximate surface area is 92.2 Å². The second-order valence-electron chi connectivity index (χ2n) is 3.59. The number of thiophene rings is 1. The second-order valence-corrected chi connectivity index (χ2v) is 6.59. The molecule has 1 atom stereocenters. The Kier molecular flexibility index (Phi) is 2.79. The van der Waals surface area contributed by atoms with Crippen molar-refractivity contribution in [3.8, 4) is 0 Å². The molecule has 4 nitrogen and oxygen atoms in total. The lowest BCUT2D eigenvalue weighted by Crippen LogP contribution is -2.35. The summed E-state index contributed by atoms with van der Waals surface area (Å²) in [5, 5.41) is 6.29. The van der Waals surface area contributed by atoms with Crippen LogP contribution in [0.15, 0.2) is 16.8 Å². The van der Waals surface area contributed by atoms with Gasteiger partial charge in [-0.05, 0) is 17.9 Å². The number of rotatable bonds is 2. The maximum atomic E-state index is 11.6. The monoisotopic (exact) mass is 245 g/mol. The first-order valence-corrected chi connectivity index (χ1v) is 7.37. The molecule has 1 N–H and O–H groups in total. The van der Waals surface area contributed by atoms with E-state index in [2.05, 4.69) is 5.32 Å². The predicted molar refractivity (Wildman–Crippen MR) is 58.8 cm³/mol. The molecule has 0 saturated carbocycles. The molecule has 6 heteroatoms. The fourth-order valence-electron chi connectivity index (χ4n) is 1.57. The fraction of sp³-hybridized carbons (Fsp3) is 0.444. The lowest BCUT2D eigenvalue weighted by atomic mass is 10.2. The molecule has 1 aromatic rings.